The molecule has 0 aromatic carbocycles. The van der Waals surface area contributed by atoms with Crippen LogP contribution in [0.3, 0.4) is 0 Å². The zero-order valence-electron chi connectivity index (χ0n) is 8.49. The summed E-state index contributed by atoms with van der Waals surface area (Å²) in [5.41, 5.74) is 0. The minimum atomic E-state index is 0.877. The van der Waals surface area contributed by atoms with E-state index < -0.39 is 0 Å². The van der Waals surface area contributed by atoms with Crippen molar-refractivity contribution in [3.8, 4) is 0 Å². The fraction of sp³-hybridized carbons (Fsp3) is 0.778. The average Bonchev–Trinajstić information content (AvgIpc) is 2.77. The number of likely N-dealkylation sites (tertiary alicyclic amines) is 1. The number of thioether (sulfide) groups is 1. The van der Waals surface area contributed by atoms with Crippen molar-refractivity contribution in [2.75, 3.05) is 25.4 Å². The Morgan fingerprint density at radius 2 is 2.21 bits per heavy atom. The van der Waals surface area contributed by atoms with Crippen molar-refractivity contribution in [1.82, 2.24) is 20.1 Å². The molecule has 0 spiro atoms. The molecule has 1 saturated heterocycles. The molecule has 0 unspecified atom stereocenters. The Morgan fingerprint density at radius 1 is 1.43 bits per heavy atom. The van der Waals surface area contributed by atoms with Gasteiger partial charge in [0.15, 0.2) is 0 Å². The van der Waals surface area contributed by atoms with E-state index in [4.69, 9.17) is 0 Å². The summed E-state index contributed by atoms with van der Waals surface area (Å²) in [5.74, 6) is 1.99. The van der Waals surface area contributed by atoms with Gasteiger partial charge in [0.25, 0.3) is 0 Å². The van der Waals surface area contributed by atoms with Crippen molar-refractivity contribution in [1.29, 1.82) is 0 Å². The fourth-order valence-corrected chi connectivity index (χ4v) is 2.50. The standard InChI is InChI=1S/C9H16N4S/c1-8-10-9(12-11-8)14-7-6-13-4-2-3-5-13/h2-7H2,1H3,(H,10,11,12). The molecule has 0 amide bonds. The Hall–Kier alpha value is -0.550. The van der Waals surface area contributed by atoms with E-state index in [1.807, 2.05) is 6.92 Å². The highest BCUT2D eigenvalue weighted by Crippen LogP contribution is 2.14. The molecule has 5 heteroatoms. The van der Waals surface area contributed by atoms with Gasteiger partial charge < -0.3 is 4.90 Å². The normalized spacial score (nSPS) is 17.8. The maximum absolute atomic E-state index is 4.25. The van der Waals surface area contributed by atoms with E-state index in [-0.39, 0.29) is 0 Å². The second kappa shape index (κ2) is 4.79. The van der Waals surface area contributed by atoms with Crippen LogP contribution in [0.25, 0.3) is 0 Å². The molecule has 14 heavy (non-hydrogen) atoms. The van der Waals surface area contributed by atoms with E-state index in [0.717, 1.165) is 23.3 Å². The Bertz CT molecular complexity index is 280. The number of hydrogen-bond acceptors (Lipinski definition) is 4. The summed E-state index contributed by atoms with van der Waals surface area (Å²) in [5, 5.41) is 7.82. The minimum Gasteiger partial charge on any atom is -0.303 e. The Labute approximate surface area is 88.5 Å². The first-order valence-electron chi connectivity index (χ1n) is 5.09. The van der Waals surface area contributed by atoms with Crippen LogP contribution in [0.1, 0.15) is 18.7 Å². The lowest BCUT2D eigenvalue weighted by Gasteiger charge is -2.12. The van der Waals surface area contributed by atoms with Crippen LogP contribution in [-0.2, 0) is 0 Å². The molecule has 2 heterocycles. The van der Waals surface area contributed by atoms with Gasteiger partial charge in [-0.3, -0.25) is 5.10 Å². The van der Waals surface area contributed by atoms with Crippen LogP contribution in [-0.4, -0.2) is 45.5 Å². The lowest BCUT2D eigenvalue weighted by Crippen LogP contribution is -2.21. The third-order valence-corrected chi connectivity index (χ3v) is 3.24. The highest BCUT2D eigenvalue weighted by Gasteiger charge is 2.11. The number of nitrogens with zero attached hydrogens (tertiary/aromatic N) is 3. The summed E-state index contributed by atoms with van der Waals surface area (Å²) in [6, 6.07) is 0. The van der Waals surface area contributed by atoms with E-state index in [0.29, 0.717) is 0 Å². The molecule has 4 nitrogen and oxygen atoms in total. The third kappa shape index (κ3) is 2.72. The third-order valence-electron chi connectivity index (χ3n) is 2.41. The number of aryl methyl sites for hydroxylation is 1. The maximum Gasteiger partial charge on any atom is 0.208 e. The van der Waals surface area contributed by atoms with Gasteiger partial charge in [-0.25, -0.2) is 4.98 Å². The van der Waals surface area contributed by atoms with Gasteiger partial charge in [-0.15, -0.1) is 5.10 Å². The van der Waals surface area contributed by atoms with Crippen molar-refractivity contribution in [3.05, 3.63) is 5.82 Å². The first kappa shape index (κ1) is 9.98. The fourth-order valence-electron chi connectivity index (χ4n) is 1.66. The summed E-state index contributed by atoms with van der Waals surface area (Å²) in [7, 11) is 0. The van der Waals surface area contributed by atoms with Crippen LogP contribution in [0.5, 0.6) is 0 Å². The molecule has 1 N–H and O–H groups in total. The van der Waals surface area contributed by atoms with Crippen LogP contribution in [0.15, 0.2) is 5.16 Å². The SMILES string of the molecule is Cc1nc(SCCN2CCCC2)n[nH]1. The maximum atomic E-state index is 4.25. The first-order chi connectivity index (χ1) is 6.84. The van der Waals surface area contributed by atoms with Gasteiger partial charge in [0.1, 0.15) is 5.82 Å². The van der Waals surface area contributed by atoms with Gasteiger partial charge in [-0.2, -0.15) is 0 Å². The Kier molecular flexibility index (Phi) is 3.42. The molecular weight excluding hydrogens is 196 g/mol. The summed E-state index contributed by atoms with van der Waals surface area (Å²) < 4.78 is 0. The molecule has 0 atom stereocenters. The Morgan fingerprint density at radius 3 is 2.86 bits per heavy atom. The molecule has 1 aliphatic heterocycles. The van der Waals surface area contributed by atoms with Gasteiger partial charge in [-0.05, 0) is 32.9 Å². The number of aromatic amines is 1. The molecule has 1 aliphatic rings. The molecule has 78 valence electrons. The molecule has 0 radical (unpaired) electrons. The number of H-pyrrole nitrogens is 1. The van der Waals surface area contributed by atoms with Gasteiger partial charge in [0.2, 0.25) is 5.16 Å². The molecule has 0 bridgehead atoms. The number of aromatic nitrogens is 3. The van der Waals surface area contributed by atoms with Crippen molar-refractivity contribution >= 4 is 11.8 Å². The van der Waals surface area contributed by atoms with Crippen LogP contribution < -0.4 is 0 Å². The summed E-state index contributed by atoms with van der Waals surface area (Å²) in [6.45, 7) is 5.64. The van der Waals surface area contributed by atoms with Gasteiger partial charge >= 0.3 is 0 Å². The Balaban J connectivity index is 1.67. The van der Waals surface area contributed by atoms with Crippen LogP contribution in [0.4, 0.5) is 0 Å². The zero-order chi connectivity index (χ0) is 9.80. The predicted molar refractivity (Wildman–Crippen MR) is 57.5 cm³/mol. The van der Waals surface area contributed by atoms with Crippen LogP contribution >= 0.6 is 11.8 Å². The first-order valence-corrected chi connectivity index (χ1v) is 6.07. The van der Waals surface area contributed by atoms with Gasteiger partial charge in [-0.1, -0.05) is 11.8 Å². The van der Waals surface area contributed by atoms with Gasteiger partial charge in [0, 0.05) is 12.3 Å². The highest BCUT2D eigenvalue weighted by molar-refractivity contribution is 7.99. The summed E-state index contributed by atoms with van der Waals surface area (Å²) in [6.07, 6.45) is 2.73. The molecule has 0 saturated carbocycles. The van der Waals surface area contributed by atoms with E-state index in [2.05, 4.69) is 20.1 Å². The van der Waals surface area contributed by atoms with Crippen molar-refractivity contribution in [2.24, 2.45) is 0 Å². The van der Waals surface area contributed by atoms with Crippen molar-refractivity contribution in [2.45, 2.75) is 24.9 Å². The second-order valence-corrected chi connectivity index (χ2v) is 4.66. The molecule has 1 aromatic rings. The smallest absolute Gasteiger partial charge is 0.208 e. The molecule has 2 rings (SSSR count). The van der Waals surface area contributed by atoms with Crippen molar-refractivity contribution < 1.29 is 0 Å². The topological polar surface area (TPSA) is 44.8 Å². The number of rotatable bonds is 4. The van der Waals surface area contributed by atoms with E-state index in [1.54, 1.807) is 11.8 Å². The largest absolute Gasteiger partial charge is 0.303 e. The van der Waals surface area contributed by atoms with E-state index >= 15 is 0 Å². The number of hydrogen-bond donors (Lipinski definition) is 1. The quantitative estimate of drug-likeness (QED) is 0.764. The minimum absolute atomic E-state index is 0.877. The van der Waals surface area contributed by atoms with Gasteiger partial charge in [0.05, 0.1) is 0 Å². The second-order valence-electron chi connectivity index (χ2n) is 3.60. The van der Waals surface area contributed by atoms with Crippen LogP contribution in [0, 0.1) is 6.92 Å². The lowest BCUT2D eigenvalue weighted by molar-refractivity contribution is 0.362. The average molecular weight is 212 g/mol. The highest BCUT2D eigenvalue weighted by atomic mass is 32.2. The predicted octanol–water partition coefficient (Wildman–Crippen LogP) is 1.30. The molecule has 1 aromatic heterocycles. The number of nitrogens with one attached hydrogen (secondary N) is 1. The molecule has 0 aliphatic carbocycles. The molecular formula is C9H16N4S. The summed E-state index contributed by atoms with van der Waals surface area (Å²) in [4.78, 5) is 6.76. The summed E-state index contributed by atoms with van der Waals surface area (Å²) >= 11 is 1.73. The lowest BCUT2D eigenvalue weighted by atomic mass is 10.4. The van der Waals surface area contributed by atoms with Crippen molar-refractivity contribution in [3.63, 3.8) is 0 Å². The van der Waals surface area contributed by atoms with Crippen LogP contribution in [0.2, 0.25) is 0 Å². The zero-order valence-corrected chi connectivity index (χ0v) is 9.31. The van der Waals surface area contributed by atoms with E-state index in [1.165, 1.54) is 25.9 Å². The molecule has 1 fully saturated rings. The monoisotopic (exact) mass is 212 g/mol. The van der Waals surface area contributed by atoms with E-state index in [9.17, 15) is 0 Å².